The monoisotopic (exact) mass is 1000 g/mol. The Morgan fingerprint density at radius 1 is 0.405 bits per heavy atom. The van der Waals surface area contributed by atoms with E-state index in [0.717, 1.165) is 109 Å². The highest BCUT2D eigenvalue weighted by atomic mass is 16.1. The van der Waals surface area contributed by atoms with E-state index in [1.807, 2.05) is 46.2 Å². The number of anilines is 2. The average Bonchev–Trinajstić information content (AvgIpc) is 3.66. The van der Waals surface area contributed by atoms with Gasteiger partial charge in [0.1, 0.15) is 0 Å². The van der Waals surface area contributed by atoms with E-state index in [0.29, 0.717) is 35.8 Å². The third-order valence-corrected chi connectivity index (χ3v) is 21.4. The standard InChI is InChI=1S/2C31H42N4O2/c2*1-20(36)28-13-14-33(28)30-31(37)35(29-12-5-4-11-27(29)32-30)26-18-23-9-6-10-24(19-26)34(23)25-16-21-7-2-3-8-22(15-21)17-25/h2*4-5,11-12,21-26,28H,2-3,6-10,13-19H2,1H3/t2*21-,22+,23-,24+,25?,26?,28-/m10/s1. The number of Topliss-reactive ketones (excluding diaryl/α,β-unsaturated/α-hetero) is 2. The molecule has 4 unspecified atom stereocenters. The number of hydrogen-bond acceptors (Lipinski definition) is 10. The van der Waals surface area contributed by atoms with Gasteiger partial charge in [-0.1, -0.05) is 88.5 Å². The molecule has 0 N–H and O–H groups in total. The van der Waals surface area contributed by atoms with Gasteiger partial charge in [0.2, 0.25) is 0 Å². The number of piperidine rings is 4. The minimum atomic E-state index is -0.203. The Kier molecular flexibility index (Phi) is 13.6. The van der Waals surface area contributed by atoms with Gasteiger partial charge in [-0.05, 0) is 165 Å². The van der Waals surface area contributed by atoms with Crippen LogP contribution in [0.1, 0.15) is 193 Å². The van der Waals surface area contributed by atoms with Crippen LogP contribution in [0.15, 0.2) is 58.1 Å². The first kappa shape index (κ1) is 49.2. The number of nitrogens with zero attached hydrogens (tertiary/aromatic N) is 8. The summed E-state index contributed by atoms with van der Waals surface area (Å²) in [4.78, 5) is 72.1. The first-order valence-corrected chi connectivity index (χ1v) is 30.2. The molecule has 0 radical (unpaired) electrons. The van der Waals surface area contributed by atoms with Crippen molar-refractivity contribution in [3.8, 4) is 0 Å². The molecule has 0 spiro atoms. The summed E-state index contributed by atoms with van der Waals surface area (Å²) in [5, 5.41) is 0. The number of aromatic nitrogens is 4. The van der Waals surface area contributed by atoms with Crippen LogP contribution in [0.2, 0.25) is 0 Å². The van der Waals surface area contributed by atoms with Crippen molar-refractivity contribution in [3.63, 3.8) is 0 Å². The minimum absolute atomic E-state index is 0.00450. The van der Waals surface area contributed by atoms with E-state index >= 15 is 0 Å². The summed E-state index contributed by atoms with van der Waals surface area (Å²) >= 11 is 0. The number of ketones is 2. The zero-order chi connectivity index (χ0) is 50.2. The van der Waals surface area contributed by atoms with Crippen molar-refractivity contribution in [2.24, 2.45) is 23.7 Å². The summed E-state index contributed by atoms with van der Waals surface area (Å²) in [6.45, 7) is 4.74. The van der Waals surface area contributed by atoms with Gasteiger partial charge < -0.3 is 18.9 Å². The Morgan fingerprint density at radius 2 is 0.757 bits per heavy atom. The van der Waals surface area contributed by atoms with E-state index < -0.39 is 0 Å². The van der Waals surface area contributed by atoms with E-state index in [-0.39, 0.29) is 46.9 Å². The van der Waals surface area contributed by atoms with E-state index in [2.05, 4.69) is 31.1 Å². The lowest BCUT2D eigenvalue weighted by molar-refractivity contribution is -0.120. The molecule has 4 aliphatic carbocycles. The van der Waals surface area contributed by atoms with Gasteiger partial charge in [0.25, 0.3) is 11.1 Å². The zero-order valence-electron chi connectivity index (χ0n) is 44.7. The molecule has 12 heteroatoms. The Bertz CT molecular complexity index is 2610. The number of carbonyl (C=O) groups is 2. The lowest BCUT2D eigenvalue weighted by Crippen LogP contribution is -2.59. The maximum atomic E-state index is 14.1. The van der Waals surface area contributed by atoms with Crippen LogP contribution in [-0.4, -0.2) is 102 Å². The topological polar surface area (TPSA) is 117 Å². The summed E-state index contributed by atoms with van der Waals surface area (Å²) in [5.41, 5.74) is 3.66. The second kappa shape index (κ2) is 20.5. The molecule has 6 aliphatic heterocycles. The fourth-order valence-electron chi connectivity index (χ4n) is 18.1. The second-order valence-corrected chi connectivity index (χ2v) is 25.8. The van der Waals surface area contributed by atoms with Gasteiger partial charge in [-0.2, -0.15) is 0 Å². The minimum Gasteiger partial charge on any atom is -0.342 e. The van der Waals surface area contributed by atoms with Crippen molar-refractivity contribution in [1.29, 1.82) is 0 Å². The van der Waals surface area contributed by atoms with Crippen molar-refractivity contribution < 1.29 is 9.59 Å². The molecule has 6 saturated heterocycles. The zero-order valence-corrected chi connectivity index (χ0v) is 44.7. The van der Waals surface area contributed by atoms with Gasteiger partial charge >= 0.3 is 0 Å². The summed E-state index contributed by atoms with van der Waals surface area (Å²) < 4.78 is 4.19. The van der Waals surface area contributed by atoms with E-state index in [1.165, 1.54) is 128 Å². The molecule has 10 aliphatic rings. The van der Waals surface area contributed by atoms with E-state index in [1.54, 1.807) is 13.8 Å². The van der Waals surface area contributed by atoms with Crippen molar-refractivity contribution in [3.05, 3.63) is 69.2 Å². The number of benzene rings is 2. The van der Waals surface area contributed by atoms with Gasteiger partial charge in [0, 0.05) is 61.4 Å². The molecule has 2 aromatic carbocycles. The SMILES string of the molecule is CC(=O)[C@@H]1CCN1c1nc2ccccc2n(C2C[C@H]3CCC[C@@H](C2)N3C2C[C@H]3CCCC[C@@H](C2)C3)c1=O.CC(=O)[C@H]1CCN1c1nc2ccccc2n(C2C[C@H]3CCC[C@@H](C2)N3C2C[C@H]3CCCC[C@@H](C2)C3)c1=O. The lowest BCUT2D eigenvalue weighted by atomic mass is 9.73. The quantitative estimate of drug-likeness (QED) is 0.169. The molecule has 4 aromatic rings. The van der Waals surface area contributed by atoms with Crippen LogP contribution in [0.25, 0.3) is 22.1 Å². The van der Waals surface area contributed by atoms with E-state index in [4.69, 9.17) is 9.97 Å². The molecule has 8 heterocycles. The van der Waals surface area contributed by atoms with Crippen LogP contribution in [0, 0.1) is 23.7 Å². The van der Waals surface area contributed by atoms with E-state index in [9.17, 15) is 19.2 Å². The number of para-hydroxylation sites is 4. The Balaban J connectivity index is 0.000000143. The molecule has 8 bridgehead atoms. The highest BCUT2D eigenvalue weighted by molar-refractivity contribution is 5.88. The summed E-state index contributed by atoms with van der Waals surface area (Å²) in [6.07, 6.45) is 33.6. The second-order valence-electron chi connectivity index (χ2n) is 25.8. The molecular weight excluding hydrogens is 921 g/mol. The molecule has 12 nitrogen and oxygen atoms in total. The highest BCUT2D eigenvalue weighted by Crippen LogP contribution is 2.49. The molecular formula is C62H84N8O4. The van der Waals surface area contributed by atoms with Crippen molar-refractivity contribution in [1.82, 2.24) is 28.9 Å². The van der Waals surface area contributed by atoms with Crippen LogP contribution in [-0.2, 0) is 9.59 Å². The first-order chi connectivity index (χ1) is 36.1. The third kappa shape index (κ3) is 9.09. The summed E-state index contributed by atoms with van der Waals surface area (Å²) in [5.74, 6) is 4.96. The van der Waals surface area contributed by atoms with Crippen molar-refractivity contribution in [2.45, 2.75) is 241 Å². The molecule has 14 rings (SSSR count). The van der Waals surface area contributed by atoms with Crippen LogP contribution in [0.5, 0.6) is 0 Å². The number of carbonyl (C=O) groups excluding carboxylic acids is 2. The fraction of sp³-hybridized carbons (Fsp3) is 0.710. The Morgan fingerprint density at radius 3 is 1.08 bits per heavy atom. The van der Waals surface area contributed by atoms with Gasteiger partial charge in [0.05, 0.1) is 34.2 Å². The Hall–Kier alpha value is -4.42. The van der Waals surface area contributed by atoms with Crippen LogP contribution >= 0.6 is 0 Å². The highest BCUT2D eigenvalue weighted by Gasteiger charge is 2.48. The lowest BCUT2D eigenvalue weighted by Gasteiger charge is -2.54. The maximum absolute atomic E-state index is 14.1. The number of fused-ring (bicyclic) bond motifs is 10. The summed E-state index contributed by atoms with van der Waals surface area (Å²) in [6, 6.07) is 20.1. The third-order valence-electron chi connectivity index (χ3n) is 21.4. The fourth-order valence-corrected chi connectivity index (χ4v) is 18.1. The largest absolute Gasteiger partial charge is 0.342 e. The van der Waals surface area contributed by atoms with Crippen LogP contribution in [0.4, 0.5) is 11.6 Å². The molecule has 14 atom stereocenters. The van der Waals surface area contributed by atoms with Gasteiger partial charge in [-0.3, -0.25) is 29.0 Å². The number of rotatable bonds is 8. The molecule has 74 heavy (non-hydrogen) atoms. The number of hydrogen-bond donors (Lipinski definition) is 0. The van der Waals surface area contributed by atoms with Crippen molar-refractivity contribution in [2.75, 3.05) is 22.9 Å². The van der Waals surface area contributed by atoms with Gasteiger partial charge in [0.15, 0.2) is 23.2 Å². The normalized spacial score (nSPS) is 36.1. The molecule has 10 fully saturated rings. The molecule has 2 aromatic heterocycles. The van der Waals surface area contributed by atoms with Gasteiger partial charge in [-0.15, -0.1) is 0 Å². The first-order valence-electron chi connectivity index (χ1n) is 30.2. The predicted octanol–water partition coefficient (Wildman–Crippen LogP) is 11.0. The van der Waals surface area contributed by atoms with Crippen LogP contribution in [0.3, 0.4) is 0 Å². The maximum Gasteiger partial charge on any atom is 0.294 e. The smallest absolute Gasteiger partial charge is 0.294 e. The Labute approximate surface area is 439 Å². The van der Waals surface area contributed by atoms with Crippen molar-refractivity contribution >= 4 is 45.3 Å². The molecule has 396 valence electrons. The predicted molar refractivity (Wildman–Crippen MR) is 294 cm³/mol. The van der Waals surface area contributed by atoms with Gasteiger partial charge in [-0.25, -0.2) is 9.97 Å². The van der Waals surface area contributed by atoms with Crippen LogP contribution < -0.4 is 20.9 Å². The molecule has 0 amide bonds. The summed E-state index contributed by atoms with van der Waals surface area (Å²) in [7, 11) is 0. The molecule has 4 saturated carbocycles. The average molecular weight is 1010 g/mol.